The number of benzene rings is 1. The number of nitrogens with one attached hydrogen (secondary N) is 1. The Labute approximate surface area is 127 Å². The predicted molar refractivity (Wildman–Crippen MR) is 84.2 cm³/mol. The molecule has 1 aromatic rings. The van der Waals surface area contributed by atoms with Crippen LogP contribution in [-0.2, 0) is 4.74 Å². The first-order chi connectivity index (χ1) is 10.3. The molecular formula is C17H27NO3. The van der Waals surface area contributed by atoms with E-state index in [1.54, 1.807) is 14.2 Å². The molecule has 0 bridgehead atoms. The number of methoxy groups -OCH3 is 2. The van der Waals surface area contributed by atoms with Crippen molar-refractivity contribution in [3.8, 4) is 11.5 Å². The molecule has 21 heavy (non-hydrogen) atoms. The quantitative estimate of drug-likeness (QED) is 0.837. The topological polar surface area (TPSA) is 39.7 Å². The molecule has 1 saturated heterocycles. The lowest BCUT2D eigenvalue weighted by Gasteiger charge is -2.28. The SMILES string of the molecule is CCNC(CC1CCCCO1)c1ccc(OC)cc1OC. The highest BCUT2D eigenvalue weighted by Gasteiger charge is 2.22. The summed E-state index contributed by atoms with van der Waals surface area (Å²) in [6.45, 7) is 3.94. The zero-order chi connectivity index (χ0) is 15.1. The molecule has 0 radical (unpaired) electrons. The average Bonchev–Trinajstić information content (AvgIpc) is 2.55. The highest BCUT2D eigenvalue weighted by Crippen LogP contribution is 2.33. The second-order valence-electron chi connectivity index (χ2n) is 5.44. The molecule has 1 aromatic carbocycles. The van der Waals surface area contributed by atoms with Crippen molar-refractivity contribution in [1.29, 1.82) is 0 Å². The molecule has 0 amide bonds. The molecule has 0 aromatic heterocycles. The largest absolute Gasteiger partial charge is 0.497 e. The molecule has 1 aliphatic rings. The molecule has 118 valence electrons. The zero-order valence-electron chi connectivity index (χ0n) is 13.4. The minimum Gasteiger partial charge on any atom is -0.497 e. The van der Waals surface area contributed by atoms with Crippen LogP contribution in [-0.4, -0.2) is 33.5 Å². The van der Waals surface area contributed by atoms with Gasteiger partial charge in [0.25, 0.3) is 0 Å². The summed E-state index contributed by atoms with van der Waals surface area (Å²) in [5.41, 5.74) is 1.18. The van der Waals surface area contributed by atoms with E-state index in [4.69, 9.17) is 14.2 Å². The summed E-state index contributed by atoms with van der Waals surface area (Å²) >= 11 is 0. The Hall–Kier alpha value is -1.26. The smallest absolute Gasteiger partial charge is 0.127 e. The van der Waals surface area contributed by atoms with Crippen LogP contribution >= 0.6 is 0 Å². The van der Waals surface area contributed by atoms with Crippen LogP contribution in [0.2, 0.25) is 0 Å². The Morgan fingerprint density at radius 2 is 2.14 bits per heavy atom. The number of rotatable bonds is 7. The van der Waals surface area contributed by atoms with Crippen LogP contribution < -0.4 is 14.8 Å². The lowest BCUT2D eigenvalue weighted by Crippen LogP contribution is -2.29. The molecule has 2 unspecified atom stereocenters. The van der Waals surface area contributed by atoms with Crippen LogP contribution in [0.25, 0.3) is 0 Å². The molecule has 4 heteroatoms. The summed E-state index contributed by atoms with van der Waals surface area (Å²) in [5.74, 6) is 1.69. The third-order valence-corrected chi connectivity index (χ3v) is 4.04. The van der Waals surface area contributed by atoms with Crippen LogP contribution in [0, 0.1) is 0 Å². The van der Waals surface area contributed by atoms with E-state index in [-0.39, 0.29) is 6.04 Å². The first kappa shape index (κ1) is 16.1. The molecular weight excluding hydrogens is 266 g/mol. The molecule has 0 aliphatic carbocycles. The van der Waals surface area contributed by atoms with Gasteiger partial charge in [0, 0.05) is 24.3 Å². The van der Waals surface area contributed by atoms with Crippen LogP contribution in [0.4, 0.5) is 0 Å². The van der Waals surface area contributed by atoms with Crippen molar-refractivity contribution in [3.05, 3.63) is 23.8 Å². The van der Waals surface area contributed by atoms with Gasteiger partial charge in [0.05, 0.1) is 20.3 Å². The summed E-state index contributed by atoms with van der Waals surface area (Å²) in [6, 6.07) is 6.28. The second-order valence-corrected chi connectivity index (χ2v) is 5.44. The van der Waals surface area contributed by atoms with Crippen molar-refractivity contribution in [2.45, 2.75) is 44.8 Å². The van der Waals surface area contributed by atoms with E-state index < -0.39 is 0 Å². The summed E-state index contributed by atoms with van der Waals surface area (Å²) in [5, 5.41) is 3.56. The molecule has 1 fully saturated rings. The molecule has 2 rings (SSSR count). The Morgan fingerprint density at radius 1 is 1.29 bits per heavy atom. The maximum absolute atomic E-state index is 5.89. The third kappa shape index (κ3) is 4.35. The maximum Gasteiger partial charge on any atom is 0.127 e. The monoisotopic (exact) mass is 293 g/mol. The van der Waals surface area contributed by atoms with Gasteiger partial charge >= 0.3 is 0 Å². The first-order valence-corrected chi connectivity index (χ1v) is 7.85. The van der Waals surface area contributed by atoms with Crippen LogP contribution in [0.3, 0.4) is 0 Å². The fraction of sp³-hybridized carbons (Fsp3) is 0.647. The van der Waals surface area contributed by atoms with Gasteiger partial charge in [-0.2, -0.15) is 0 Å². The highest BCUT2D eigenvalue weighted by molar-refractivity contribution is 5.42. The van der Waals surface area contributed by atoms with E-state index >= 15 is 0 Å². The van der Waals surface area contributed by atoms with Gasteiger partial charge in [-0.1, -0.05) is 13.0 Å². The molecule has 4 nitrogen and oxygen atoms in total. The van der Waals surface area contributed by atoms with Gasteiger partial charge in [0.15, 0.2) is 0 Å². The van der Waals surface area contributed by atoms with Gasteiger partial charge in [-0.3, -0.25) is 0 Å². The normalized spacial score (nSPS) is 20.0. The van der Waals surface area contributed by atoms with Crippen molar-refractivity contribution >= 4 is 0 Å². The lowest BCUT2D eigenvalue weighted by molar-refractivity contribution is 0.00502. The lowest BCUT2D eigenvalue weighted by atomic mass is 9.95. The first-order valence-electron chi connectivity index (χ1n) is 7.85. The van der Waals surface area contributed by atoms with Crippen molar-refractivity contribution in [2.75, 3.05) is 27.4 Å². The van der Waals surface area contributed by atoms with E-state index in [1.807, 2.05) is 12.1 Å². The number of ether oxygens (including phenoxy) is 3. The maximum atomic E-state index is 5.89. The average molecular weight is 293 g/mol. The fourth-order valence-corrected chi connectivity index (χ4v) is 2.93. The number of hydrogen-bond acceptors (Lipinski definition) is 4. The standard InChI is InChI=1S/C17H27NO3/c1-4-18-16(11-14-7-5-6-10-21-14)15-9-8-13(19-2)12-17(15)20-3/h8-9,12,14,16,18H,4-7,10-11H2,1-3H3. The van der Waals surface area contributed by atoms with Crippen molar-refractivity contribution < 1.29 is 14.2 Å². The van der Waals surface area contributed by atoms with Crippen LogP contribution in [0.5, 0.6) is 11.5 Å². The van der Waals surface area contributed by atoms with Gasteiger partial charge in [-0.25, -0.2) is 0 Å². The van der Waals surface area contributed by atoms with Gasteiger partial charge < -0.3 is 19.5 Å². The molecule has 1 heterocycles. The highest BCUT2D eigenvalue weighted by atomic mass is 16.5. The minimum atomic E-state index is 0.249. The Morgan fingerprint density at radius 3 is 2.76 bits per heavy atom. The van der Waals surface area contributed by atoms with Crippen LogP contribution in [0.15, 0.2) is 18.2 Å². The van der Waals surface area contributed by atoms with Gasteiger partial charge in [-0.15, -0.1) is 0 Å². The van der Waals surface area contributed by atoms with Crippen molar-refractivity contribution in [1.82, 2.24) is 5.32 Å². The zero-order valence-corrected chi connectivity index (χ0v) is 13.4. The Bertz CT molecular complexity index is 430. The molecule has 1 aliphatic heterocycles. The van der Waals surface area contributed by atoms with E-state index in [2.05, 4.69) is 18.3 Å². The Kier molecular flexibility index (Phi) is 6.33. The summed E-state index contributed by atoms with van der Waals surface area (Å²) < 4.78 is 16.7. The fourth-order valence-electron chi connectivity index (χ4n) is 2.93. The predicted octanol–water partition coefficient (Wildman–Crippen LogP) is 3.31. The minimum absolute atomic E-state index is 0.249. The van der Waals surface area contributed by atoms with Crippen molar-refractivity contribution in [3.63, 3.8) is 0 Å². The molecule has 0 spiro atoms. The van der Waals surface area contributed by atoms with Gasteiger partial charge in [0.1, 0.15) is 11.5 Å². The van der Waals surface area contributed by atoms with Crippen molar-refractivity contribution in [2.24, 2.45) is 0 Å². The van der Waals surface area contributed by atoms with Gasteiger partial charge in [0.2, 0.25) is 0 Å². The summed E-state index contributed by atoms with van der Waals surface area (Å²) in [4.78, 5) is 0. The molecule has 0 saturated carbocycles. The second kappa shape index (κ2) is 8.25. The number of hydrogen-bond donors (Lipinski definition) is 1. The third-order valence-electron chi connectivity index (χ3n) is 4.04. The van der Waals surface area contributed by atoms with E-state index in [0.717, 1.165) is 37.5 Å². The van der Waals surface area contributed by atoms with E-state index in [9.17, 15) is 0 Å². The van der Waals surface area contributed by atoms with E-state index in [0.29, 0.717) is 6.10 Å². The van der Waals surface area contributed by atoms with Gasteiger partial charge in [-0.05, 0) is 38.3 Å². The van der Waals surface area contributed by atoms with E-state index in [1.165, 1.54) is 18.4 Å². The summed E-state index contributed by atoms with van der Waals surface area (Å²) in [7, 11) is 3.38. The Balaban J connectivity index is 2.15. The molecule has 2 atom stereocenters. The van der Waals surface area contributed by atoms with Crippen LogP contribution in [0.1, 0.15) is 44.2 Å². The summed E-state index contributed by atoms with van der Waals surface area (Å²) in [6.07, 6.45) is 4.93. The molecule has 1 N–H and O–H groups in total.